The topological polar surface area (TPSA) is 93.5 Å². The summed E-state index contributed by atoms with van der Waals surface area (Å²) in [6, 6.07) is 11.9. The van der Waals surface area contributed by atoms with Gasteiger partial charge in [-0.2, -0.15) is 18.3 Å². The SMILES string of the molecule is CCOC(=O)c1cnn(-c2ccc(NC(=O)Cc3ccccc3O)cc2)c1C(F)(F)F. The molecule has 0 aliphatic heterocycles. The standard InChI is InChI=1S/C21H18F3N3O4/c1-2-31-20(30)16-12-25-27(19(16)21(22,23)24)15-9-7-14(8-10-15)26-18(29)11-13-5-3-4-6-17(13)28/h3-10,12,28H,2,11H2,1H3,(H,26,29). The molecule has 0 radical (unpaired) electrons. The van der Waals surface area contributed by atoms with Gasteiger partial charge in [0.1, 0.15) is 11.3 Å². The quantitative estimate of drug-likeness (QED) is 0.574. The number of rotatable bonds is 6. The Labute approximate surface area is 175 Å². The molecule has 0 spiro atoms. The van der Waals surface area contributed by atoms with Crippen LogP contribution in [0.5, 0.6) is 5.75 Å². The number of phenolic OH excluding ortho intramolecular Hbond substituents is 1. The van der Waals surface area contributed by atoms with Gasteiger partial charge in [-0.15, -0.1) is 0 Å². The van der Waals surface area contributed by atoms with E-state index in [2.05, 4.69) is 15.2 Å². The number of nitrogens with zero attached hydrogens (tertiary/aromatic N) is 2. The highest BCUT2D eigenvalue weighted by Gasteiger charge is 2.41. The molecular formula is C21H18F3N3O4. The van der Waals surface area contributed by atoms with Gasteiger partial charge in [0.25, 0.3) is 0 Å². The molecule has 0 fully saturated rings. The molecule has 2 N–H and O–H groups in total. The minimum Gasteiger partial charge on any atom is -0.508 e. The van der Waals surface area contributed by atoms with Gasteiger partial charge in [-0.3, -0.25) is 4.79 Å². The van der Waals surface area contributed by atoms with E-state index < -0.39 is 29.3 Å². The van der Waals surface area contributed by atoms with Gasteiger partial charge in [-0.05, 0) is 37.3 Å². The summed E-state index contributed by atoms with van der Waals surface area (Å²) in [5.41, 5.74) is -1.11. The number of nitrogens with one attached hydrogen (secondary N) is 1. The van der Waals surface area contributed by atoms with E-state index in [1.807, 2.05) is 0 Å². The number of aromatic nitrogens is 2. The first-order chi connectivity index (χ1) is 14.7. The Hall–Kier alpha value is -3.82. The van der Waals surface area contributed by atoms with Crippen molar-refractivity contribution in [2.45, 2.75) is 19.5 Å². The molecule has 0 saturated heterocycles. The molecule has 1 amide bonds. The van der Waals surface area contributed by atoms with Gasteiger partial charge in [0, 0.05) is 11.3 Å². The second kappa shape index (κ2) is 8.90. The molecule has 162 valence electrons. The number of hydrogen-bond donors (Lipinski definition) is 2. The van der Waals surface area contributed by atoms with Crippen LogP contribution in [-0.2, 0) is 22.1 Å². The van der Waals surface area contributed by atoms with Crippen molar-refractivity contribution in [3.63, 3.8) is 0 Å². The van der Waals surface area contributed by atoms with Crippen LogP contribution in [-0.4, -0.2) is 33.4 Å². The molecule has 2 aromatic carbocycles. The zero-order valence-corrected chi connectivity index (χ0v) is 16.3. The predicted molar refractivity (Wildman–Crippen MR) is 105 cm³/mol. The number of ether oxygens (including phenoxy) is 1. The second-order valence-electron chi connectivity index (χ2n) is 6.44. The van der Waals surface area contributed by atoms with Gasteiger partial charge in [0.15, 0.2) is 5.69 Å². The highest BCUT2D eigenvalue weighted by atomic mass is 19.4. The number of esters is 1. The molecule has 0 atom stereocenters. The van der Waals surface area contributed by atoms with E-state index in [-0.39, 0.29) is 24.5 Å². The van der Waals surface area contributed by atoms with Crippen LogP contribution in [0.25, 0.3) is 5.69 Å². The van der Waals surface area contributed by atoms with Crippen molar-refractivity contribution < 1.29 is 32.6 Å². The highest BCUT2D eigenvalue weighted by molar-refractivity contribution is 5.93. The molecule has 3 aromatic rings. The Kier molecular flexibility index (Phi) is 6.28. The summed E-state index contributed by atoms with van der Waals surface area (Å²) in [4.78, 5) is 24.0. The predicted octanol–water partition coefficient (Wildman–Crippen LogP) is 3.95. The van der Waals surface area contributed by atoms with Crippen molar-refractivity contribution in [3.8, 4) is 11.4 Å². The van der Waals surface area contributed by atoms with Crippen LogP contribution in [0, 0.1) is 0 Å². The van der Waals surface area contributed by atoms with Gasteiger partial charge in [0.05, 0.1) is 24.9 Å². The van der Waals surface area contributed by atoms with Crippen LogP contribution in [0.4, 0.5) is 18.9 Å². The zero-order valence-electron chi connectivity index (χ0n) is 16.3. The Balaban J connectivity index is 1.81. The maximum atomic E-state index is 13.6. The fraction of sp³-hybridized carbons (Fsp3) is 0.190. The number of carbonyl (C=O) groups excluding carboxylic acids is 2. The summed E-state index contributed by atoms with van der Waals surface area (Å²) in [7, 11) is 0. The van der Waals surface area contributed by atoms with E-state index in [4.69, 9.17) is 0 Å². The van der Waals surface area contributed by atoms with Crippen molar-refractivity contribution in [1.29, 1.82) is 0 Å². The molecule has 3 rings (SSSR count). The molecule has 0 unspecified atom stereocenters. The fourth-order valence-corrected chi connectivity index (χ4v) is 2.90. The number of alkyl halides is 3. The molecule has 1 aromatic heterocycles. The van der Waals surface area contributed by atoms with Gasteiger partial charge < -0.3 is 15.2 Å². The number of aromatic hydroxyl groups is 1. The smallest absolute Gasteiger partial charge is 0.434 e. The first-order valence-corrected chi connectivity index (χ1v) is 9.20. The Bertz CT molecular complexity index is 1090. The normalized spacial score (nSPS) is 11.2. The first-order valence-electron chi connectivity index (χ1n) is 9.20. The molecule has 0 bridgehead atoms. The lowest BCUT2D eigenvalue weighted by atomic mass is 10.1. The lowest BCUT2D eigenvalue weighted by Gasteiger charge is -2.13. The van der Waals surface area contributed by atoms with E-state index in [9.17, 15) is 27.9 Å². The molecule has 0 aliphatic carbocycles. The van der Waals surface area contributed by atoms with Gasteiger partial charge in [0.2, 0.25) is 5.91 Å². The second-order valence-corrected chi connectivity index (χ2v) is 6.44. The van der Waals surface area contributed by atoms with Crippen molar-refractivity contribution in [3.05, 3.63) is 71.5 Å². The number of benzene rings is 2. The molecule has 10 heteroatoms. The van der Waals surface area contributed by atoms with Crippen molar-refractivity contribution in [2.24, 2.45) is 0 Å². The molecular weight excluding hydrogens is 415 g/mol. The summed E-state index contributed by atoms with van der Waals surface area (Å²) in [5.74, 6) is -1.54. The zero-order chi connectivity index (χ0) is 22.6. The first kappa shape index (κ1) is 21.9. The Morgan fingerprint density at radius 3 is 2.42 bits per heavy atom. The molecule has 0 saturated carbocycles. The van der Waals surface area contributed by atoms with Crippen molar-refractivity contribution in [1.82, 2.24) is 9.78 Å². The van der Waals surface area contributed by atoms with E-state index >= 15 is 0 Å². The van der Waals surface area contributed by atoms with Crippen LogP contribution in [0.15, 0.2) is 54.7 Å². The number of anilines is 1. The van der Waals surface area contributed by atoms with Crippen LogP contribution >= 0.6 is 0 Å². The molecule has 31 heavy (non-hydrogen) atoms. The Morgan fingerprint density at radius 2 is 1.81 bits per heavy atom. The summed E-state index contributed by atoms with van der Waals surface area (Å²) < 4.78 is 46.0. The van der Waals surface area contributed by atoms with Gasteiger partial charge in [-0.1, -0.05) is 18.2 Å². The van der Waals surface area contributed by atoms with Crippen LogP contribution in [0.3, 0.4) is 0 Å². The average molecular weight is 433 g/mol. The fourth-order valence-electron chi connectivity index (χ4n) is 2.90. The van der Waals surface area contributed by atoms with Crippen LogP contribution in [0.2, 0.25) is 0 Å². The summed E-state index contributed by atoms with van der Waals surface area (Å²) in [6.07, 6.45) is -4.11. The number of hydrogen-bond acceptors (Lipinski definition) is 5. The Morgan fingerprint density at radius 1 is 1.13 bits per heavy atom. The minimum absolute atomic E-state index is 0.0104. The van der Waals surface area contributed by atoms with Crippen LogP contribution < -0.4 is 5.32 Å². The molecule has 1 heterocycles. The lowest BCUT2D eigenvalue weighted by molar-refractivity contribution is -0.143. The highest BCUT2D eigenvalue weighted by Crippen LogP contribution is 2.34. The minimum atomic E-state index is -4.84. The number of para-hydroxylation sites is 1. The monoisotopic (exact) mass is 433 g/mol. The molecule has 0 aliphatic rings. The number of halogens is 3. The van der Waals surface area contributed by atoms with Crippen molar-refractivity contribution >= 4 is 17.6 Å². The average Bonchev–Trinajstić information content (AvgIpc) is 3.16. The number of amides is 1. The summed E-state index contributed by atoms with van der Waals surface area (Å²) in [6.45, 7) is 1.41. The number of carbonyl (C=O) groups is 2. The van der Waals surface area contributed by atoms with Crippen molar-refractivity contribution in [2.75, 3.05) is 11.9 Å². The van der Waals surface area contributed by atoms with Gasteiger partial charge in [-0.25, -0.2) is 9.48 Å². The largest absolute Gasteiger partial charge is 0.508 e. The third-order valence-electron chi connectivity index (χ3n) is 4.27. The van der Waals surface area contributed by atoms with E-state index in [0.29, 0.717) is 15.9 Å². The third kappa shape index (κ3) is 5.03. The van der Waals surface area contributed by atoms with E-state index in [1.165, 1.54) is 37.3 Å². The maximum absolute atomic E-state index is 13.6. The van der Waals surface area contributed by atoms with E-state index in [1.54, 1.807) is 18.2 Å². The summed E-state index contributed by atoms with van der Waals surface area (Å²) >= 11 is 0. The van der Waals surface area contributed by atoms with Gasteiger partial charge >= 0.3 is 12.1 Å². The summed E-state index contributed by atoms with van der Waals surface area (Å²) in [5, 5.41) is 16.0. The third-order valence-corrected chi connectivity index (χ3v) is 4.27. The lowest BCUT2D eigenvalue weighted by Crippen LogP contribution is -2.18. The molecule has 7 nitrogen and oxygen atoms in total. The maximum Gasteiger partial charge on any atom is 0.434 e. The van der Waals surface area contributed by atoms with E-state index in [0.717, 1.165) is 6.20 Å². The number of phenols is 1. The van der Waals surface area contributed by atoms with Crippen LogP contribution in [0.1, 0.15) is 28.5 Å².